The van der Waals surface area contributed by atoms with Crippen LogP contribution in [0.15, 0.2) is 24.5 Å². The first-order valence-corrected chi connectivity index (χ1v) is 7.26. The summed E-state index contributed by atoms with van der Waals surface area (Å²) in [6.07, 6.45) is 4.48. The molecule has 0 aliphatic rings. The van der Waals surface area contributed by atoms with Crippen molar-refractivity contribution < 1.29 is 9.47 Å². The van der Waals surface area contributed by atoms with E-state index in [4.69, 9.17) is 26.8 Å². The second kappa shape index (κ2) is 7.33. The van der Waals surface area contributed by atoms with E-state index in [-0.39, 0.29) is 0 Å². The van der Waals surface area contributed by atoms with E-state index in [9.17, 15) is 0 Å². The van der Waals surface area contributed by atoms with Gasteiger partial charge in [0.05, 0.1) is 18.3 Å². The summed E-state index contributed by atoms with van der Waals surface area (Å²) in [5.41, 5.74) is 7.59. The maximum Gasteiger partial charge on any atom is 0.180 e. The van der Waals surface area contributed by atoms with Crippen molar-refractivity contribution in [3.05, 3.63) is 40.7 Å². The minimum Gasteiger partial charge on any atom is -0.493 e. The van der Waals surface area contributed by atoms with Crippen molar-refractivity contribution in [2.24, 2.45) is 5.73 Å². The van der Waals surface area contributed by atoms with E-state index in [1.807, 2.05) is 29.9 Å². The first-order chi connectivity index (χ1) is 10.2. The molecule has 0 saturated heterocycles. The lowest BCUT2D eigenvalue weighted by Crippen LogP contribution is -2.04. The van der Waals surface area contributed by atoms with Crippen LogP contribution in [0.3, 0.4) is 0 Å². The van der Waals surface area contributed by atoms with Crippen LogP contribution < -0.4 is 15.2 Å². The highest BCUT2D eigenvalue weighted by atomic mass is 35.5. The third kappa shape index (κ3) is 3.89. The number of halogens is 1. The summed E-state index contributed by atoms with van der Waals surface area (Å²) in [6.45, 7) is 3.83. The third-order valence-electron chi connectivity index (χ3n) is 3.12. The Morgan fingerprint density at radius 2 is 2.14 bits per heavy atom. The molecule has 1 heterocycles. The maximum absolute atomic E-state index is 6.28. The van der Waals surface area contributed by atoms with E-state index in [2.05, 4.69) is 5.10 Å². The minimum atomic E-state index is 0.395. The predicted molar refractivity (Wildman–Crippen MR) is 83.0 cm³/mol. The fraction of sp³-hybridized carbons (Fsp3) is 0.400. The van der Waals surface area contributed by atoms with Crippen molar-refractivity contribution in [2.75, 3.05) is 13.7 Å². The van der Waals surface area contributed by atoms with Crippen LogP contribution in [-0.4, -0.2) is 23.4 Å². The predicted octanol–water partition coefficient (Wildman–Crippen LogP) is 2.65. The number of benzene rings is 1. The maximum atomic E-state index is 6.28. The lowest BCUT2D eigenvalue weighted by molar-refractivity contribution is 0.284. The van der Waals surface area contributed by atoms with Crippen LogP contribution in [0.25, 0.3) is 0 Å². The molecule has 0 aliphatic carbocycles. The van der Waals surface area contributed by atoms with Crippen LogP contribution >= 0.6 is 11.6 Å². The van der Waals surface area contributed by atoms with Crippen molar-refractivity contribution in [1.29, 1.82) is 0 Å². The molecule has 0 spiro atoms. The Morgan fingerprint density at radius 3 is 2.76 bits per heavy atom. The molecule has 0 amide bonds. The van der Waals surface area contributed by atoms with Gasteiger partial charge >= 0.3 is 0 Å². The highest BCUT2D eigenvalue weighted by molar-refractivity contribution is 6.32. The highest BCUT2D eigenvalue weighted by Gasteiger charge is 2.12. The largest absolute Gasteiger partial charge is 0.493 e. The summed E-state index contributed by atoms with van der Waals surface area (Å²) in [4.78, 5) is 0. The quantitative estimate of drug-likeness (QED) is 0.854. The molecule has 0 fully saturated rings. The van der Waals surface area contributed by atoms with Crippen LogP contribution in [0.5, 0.6) is 11.5 Å². The number of aromatic nitrogens is 2. The van der Waals surface area contributed by atoms with Crippen molar-refractivity contribution in [2.45, 2.75) is 26.5 Å². The smallest absolute Gasteiger partial charge is 0.180 e. The zero-order chi connectivity index (χ0) is 15.2. The molecule has 21 heavy (non-hydrogen) atoms. The van der Waals surface area contributed by atoms with Gasteiger partial charge in [0.25, 0.3) is 0 Å². The molecule has 2 N–H and O–H groups in total. The molecule has 0 atom stereocenters. The fourth-order valence-corrected chi connectivity index (χ4v) is 2.32. The monoisotopic (exact) mass is 309 g/mol. The number of hydrogen-bond acceptors (Lipinski definition) is 4. The number of nitrogens with two attached hydrogens (primary N) is 1. The molecule has 1 aromatic heterocycles. The molecule has 0 bridgehead atoms. The van der Waals surface area contributed by atoms with Gasteiger partial charge in [-0.1, -0.05) is 11.6 Å². The van der Waals surface area contributed by atoms with Gasteiger partial charge in [-0.25, -0.2) is 0 Å². The van der Waals surface area contributed by atoms with Crippen molar-refractivity contribution >= 4 is 11.6 Å². The highest BCUT2D eigenvalue weighted by Crippen LogP contribution is 2.37. The summed E-state index contributed by atoms with van der Waals surface area (Å²) < 4.78 is 13.0. The molecule has 0 unspecified atom stereocenters. The molecule has 6 heteroatoms. The molecule has 2 aromatic rings. The molecular formula is C15H20ClN3O2. The van der Waals surface area contributed by atoms with Crippen LogP contribution in [-0.2, 0) is 19.6 Å². The molecule has 0 aliphatic heterocycles. The lowest BCUT2D eigenvalue weighted by atomic mass is 10.1. The topological polar surface area (TPSA) is 62.3 Å². The van der Waals surface area contributed by atoms with E-state index < -0.39 is 0 Å². The average molecular weight is 310 g/mol. The van der Waals surface area contributed by atoms with Crippen LogP contribution in [0.1, 0.15) is 18.1 Å². The molecule has 0 saturated carbocycles. The molecule has 114 valence electrons. The molecule has 1 aromatic carbocycles. The number of aryl methyl sites for hydroxylation is 1. The number of ether oxygens (including phenoxy) is 2. The van der Waals surface area contributed by atoms with E-state index in [0.29, 0.717) is 29.7 Å². The van der Waals surface area contributed by atoms with Crippen molar-refractivity contribution in [3.8, 4) is 11.5 Å². The minimum absolute atomic E-state index is 0.395. The Bertz CT molecular complexity index is 599. The Kier molecular flexibility index (Phi) is 5.47. The van der Waals surface area contributed by atoms with Gasteiger partial charge in [-0.05, 0) is 37.6 Å². The molecule has 2 rings (SSSR count). The van der Waals surface area contributed by atoms with Gasteiger partial charge in [-0.3, -0.25) is 4.68 Å². The number of hydrogen-bond donors (Lipinski definition) is 1. The van der Waals surface area contributed by atoms with E-state index in [1.54, 1.807) is 13.3 Å². The van der Waals surface area contributed by atoms with Crippen LogP contribution in [0.2, 0.25) is 5.02 Å². The van der Waals surface area contributed by atoms with E-state index in [1.165, 1.54) is 0 Å². The Morgan fingerprint density at radius 1 is 1.33 bits per heavy atom. The van der Waals surface area contributed by atoms with Gasteiger partial charge in [-0.2, -0.15) is 5.10 Å². The summed E-state index contributed by atoms with van der Waals surface area (Å²) in [6, 6.07) is 3.77. The van der Waals surface area contributed by atoms with Gasteiger partial charge in [0.1, 0.15) is 6.61 Å². The molecular weight excluding hydrogens is 290 g/mol. The van der Waals surface area contributed by atoms with E-state index >= 15 is 0 Å². The van der Waals surface area contributed by atoms with E-state index in [0.717, 1.165) is 24.1 Å². The number of rotatable bonds is 7. The summed E-state index contributed by atoms with van der Waals surface area (Å²) >= 11 is 6.28. The van der Waals surface area contributed by atoms with Gasteiger partial charge < -0.3 is 15.2 Å². The van der Waals surface area contributed by atoms with Gasteiger partial charge in [-0.15, -0.1) is 0 Å². The number of methoxy groups -OCH3 is 1. The summed E-state index contributed by atoms with van der Waals surface area (Å²) in [7, 11) is 1.60. The Hall–Kier alpha value is -1.72. The van der Waals surface area contributed by atoms with Gasteiger partial charge in [0.2, 0.25) is 0 Å². The Labute approximate surface area is 129 Å². The lowest BCUT2D eigenvalue weighted by Gasteiger charge is -2.13. The first-order valence-electron chi connectivity index (χ1n) is 6.88. The zero-order valence-electron chi connectivity index (χ0n) is 12.3. The van der Waals surface area contributed by atoms with Crippen molar-refractivity contribution in [1.82, 2.24) is 9.78 Å². The summed E-state index contributed by atoms with van der Waals surface area (Å²) in [5.74, 6) is 1.16. The zero-order valence-corrected chi connectivity index (χ0v) is 13.1. The molecule has 5 nitrogen and oxygen atoms in total. The van der Waals surface area contributed by atoms with Crippen molar-refractivity contribution in [3.63, 3.8) is 0 Å². The van der Waals surface area contributed by atoms with Gasteiger partial charge in [0, 0.05) is 18.3 Å². The second-order valence-electron chi connectivity index (χ2n) is 4.64. The van der Waals surface area contributed by atoms with Crippen LogP contribution in [0.4, 0.5) is 0 Å². The average Bonchev–Trinajstić information content (AvgIpc) is 2.94. The molecule has 0 radical (unpaired) electrons. The van der Waals surface area contributed by atoms with Gasteiger partial charge in [0.15, 0.2) is 11.5 Å². The first kappa shape index (κ1) is 15.7. The van der Waals surface area contributed by atoms with Crippen LogP contribution in [0, 0.1) is 0 Å². The normalized spacial score (nSPS) is 10.7. The second-order valence-corrected chi connectivity index (χ2v) is 5.05. The summed E-state index contributed by atoms with van der Waals surface area (Å²) in [5, 5.41) is 4.74. The fourth-order valence-electron chi connectivity index (χ4n) is 2.03. The number of nitrogens with zero attached hydrogens (tertiary/aromatic N) is 2. The Balaban J connectivity index is 2.14. The SMILES string of the molecule is CCn1cc(COc2c(Cl)cc(CCN)cc2OC)cn1. The standard InChI is InChI=1S/C15H20ClN3O2/c1-3-19-9-12(8-18-19)10-21-15-13(16)6-11(4-5-17)7-14(15)20-2/h6-9H,3-5,10,17H2,1-2H3. The third-order valence-corrected chi connectivity index (χ3v) is 3.40.